The summed E-state index contributed by atoms with van der Waals surface area (Å²) in [6, 6.07) is 5.11. The molecule has 3 aromatic rings. The molecular formula is C21H26F2N8O2. The van der Waals surface area contributed by atoms with E-state index in [0.29, 0.717) is 61.5 Å². The van der Waals surface area contributed by atoms with Crippen LogP contribution in [0.2, 0.25) is 0 Å². The Morgan fingerprint density at radius 3 is 2.45 bits per heavy atom. The number of aromatic nitrogens is 5. The number of benzene rings is 1. The van der Waals surface area contributed by atoms with Crippen molar-refractivity contribution in [2.45, 2.75) is 25.3 Å². The van der Waals surface area contributed by atoms with Gasteiger partial charge in [-0.05, 0) is 25.0 Å². The molecule has 4 heterocycles. The largest absolute Gasteiger partial charge is 0.494 e. The van der Waals surface area contributed by atoms with E-state index in [-0.39, 0.29) is 12.0 Å². The van der Waals surface area contributed by atoms with Gasteiger partial charge in [-0.2, -0.15) is 15.0 Å². The van der Waals surface area contributed by atoms with Crippen molar-refractivity contribution in [1.82, 2.24) is 24.5 Å². The van der Waals surface area contributed by atoms with Gasteiger partial charge in [0.1, 0.15) is 11.3 Å². The van der Waals surface area contributed by atoms with Crippen LogP contribution in [0.25, 0.3) is 17.0 Å². The molecule has 0 bridgehead atoms. The van der Waals surface area contributed by atoms with E-state index in [1.54, 1.807) is 18.2 Å². The lowest BCUT2D eigenvalue weighted by Gasteiger charge is -2.32. The lowest BCUT2D eigenvalue weighted by atomic mass is 10.1. The van der Waals surface area contributed by atoms with Crippen LogP contribution in [0.1, 0.15) is 25.1 Å². The van der Waals surface area contributed by atoms with Crippen LogP contribution in [0.3, 0.4) is 0 Å². The molecule has 12 heteroatoms. The van der Waals surface area contributed by atoms with Crippen LogP contribution in [0.5, 0.6) is 5.75 Å². The first-order valence-electron chi connectivity index (χ1n) is 11.0. The Morgan fingerprint density at radius 2 is 1.76 bits per heavy atom. The summed E-state index contributed by atoms with van der Waals surface area (Å²) in [4.78, 5) is 22.0. The second kappa shape index (κ2) is 9.02. The van der Waals surface area contributed by atoms with Crippen LogP contribution in [0.15, 0.2) is 18.2 Å². The van der Waals surface area contributed by atoms with Gasteiger partial charge < -0.3 is 25.0 Å². The lowest BCUT2D eigenvalue weighted by molar-refractivity contribution is 0.122. The summed E-state index contributed by atoms with van der Waals surface area (Å²) in [6.07, 6.45) is -1.01. The second-order valence-electron chi connectivity index (χ2n) is 8.12. The molecule has 2 fully saturated rings. The van der Waals surface area contributed by atoms with Crippen molar-refractivity contribution in [2.24, 2.45) is 5.73 Å². The van der Waals surface area contributed by atoms with E-state index in [1.165, 1.54) is 11.7 Å². The van der Waals surface area contributed by atoms with Crippen LogP contribution in [-0.4, -0.2) is 77.0 Å². The lowest BCUT2D eigenvalue weighted by Crippen LogP contribution is -2.44. The summed E-state index contributed by atoms with van der Waals surface area (Å²) in [5.41, 5.74) is 6.94. The van der Waals surface area contributed by atoms with E-state index >= 15 is 0 Å². The summed E-state index contributed by atoms with van der Waals surface area (Å²) in [5, 5.41) is 0. The molecule has 0 spiro atoms. The summed E-state index contributed by atoms with van der Waals surface area (Å²) in [5.74, 6) is 0.878. The molecular weight excluding hydrogens is 434 g/mol. The number of imidazole rings is 1. The molecule has 1 atom stereocenters. The van der Waals surface area contributed by atoms with Crippen LogP contribution >= 0.6 is 0 Å². The minimum Gasteiger partial charge on any atom is -0.494 e. The zero-order chi connectivity index (χ0) is 22.9. The second-order valence-corrected chi connectivity index (χ2v) is 8.12. The zero-order valence-corrected chi connectivity index (χ0v) is 18.3. The Bertz CT molecular complexity index is 1130. The maximum atomic E-state index is 14.1. The number of nitrogens with two attached hydrogens (primary N) is 1. The average Bonchev–Trinajstić information content (AvgIpc) is 3.24. The summed E-state index contributed by atoms with van der Waals surface area (Å²) in [7, 11) is 1.48. The number of hydrogen-bond donors (Lipinski definition) is 1. The van der Waals surface area contributed by atoms with Gasteiger partial charge in [-0.25, -0.2) is 13.8 Å². The van der Waals surface area contributed by atoms with Gasteiger partial charge in [0.2, 0.25) is 17.8 Å². The smallest absolute Gasteiger partial charge is 0.296 e. The highest BCUT2D eigenvalue weighted by Crippen LogP contribution is 2.32. The third kappa shape index (κ3) is 4.15. The number of alkyl halides is 2. The van der Waals surface area contributed by atoms with E-state index in [2.05, 4.69) is 19.9 Å². The Labute approximate surface area is 189 Å². The number of morpholine rings is 1. The van der Waals surface area contributed by atoms with Gasteiger partial charge in [0.15, 0.2) is 5.82 Å². The quantitative estimate of drug-likeness (QED) is 0.611. The van der Waals surface area contributed by atoms with Crippen LogP contribution < -0.4 is 20.3 Å². The summed E-state index contributed by atoms with van der Waals surface area (Å²) < 4.78 is 40.3. The van der Waals surface area contributed by atoms with Gasteiger partial charge in [0, 0.05) is 32.2 Å². The first-order chi connectivity index (χ1) is 16.0. The van der Waals surface area contributed by atoms with Crippen molar-refractivity contribution in [3.05, 3.63) is 24.0 Å². The predicted octanol–water partition coefficient (Wildman–Crippen LogP) is 1.92. The molecule has 5 rings (SSSR count). The van der Waals surface area contributed by atoms with Crippen LogP contribution in [0, 0.1) is 0 Å². The van der Waals surface area contributed by atoms with Gasteiger partial charge in [0.05, 0.1) is 25.8 Å². The van der Waals surface area contributed by atoms with E-state index in [4.69, 9.17) is 15.2 Å². The third-order valence-corrected chi connectivity index (χ3v) is 5.92. The molecule has 0 saturated carbocycles. The number of para-hydroxylation sites is 1. The van der Waals surface area contributed by atoms with Crippen molar-refractivity contribution in [3.8, 4) is 11.7 Å². The van der Waals surface area contributed by atoms with Crippen molar-refractivity contribution in [3.63, 3.8) is 0 Å². The number of fused-ring (bicyclic) bond motifs is 1. The molecule has 0 unspecified atom stereocenters. The topological polar surface area (TPSA) is 107 Å². The number of hydrogen-bond acceptors (Lipinski definition) is 9. The van der Waals surface area contributed by atoms with Crippen molar-refractivity contribution < 1.29 is 18.3 Å². The maximum Gasteiger partial charge on any atom is 0.296 e. The fraction of sp³-hybridized carbons (Fsp3) is 0.524. The Hall–Kier alpha value is -3.12. The maximum absolute atomic E-state index is 14.1. The number of anilines is 2. The highest BCUT2D eigenvalue weighted by atomic mass is 19.3. The number of halogens is 2. The van der Waals surface area contributed by atoms with Crippen molar-refractivity contribution in [2.75, 3.05) is 56.3 Å². The number of ether oxygens (including phenoxy) is 2. The Kier molecular flexibility index (Phi) is 5.94. The molecule has 0 aliphatic carbocycles. The monoisotopic (exact) mass is 460 g/mol. The zero-order valence-electron chi connectivity index (χ0n) is 18.3. The summed E-state index contributed by atoms with van der Waals surface area (Å²) in [6.45, 7) is 3.61. The molecule has 2 N–H and O–H groups in total. The van der Waals surface area contributed by atoms with Gasteiger partial charge in [-0.15, -0.1) is 0 Å². The highest BCUT2D eigenvalue weighted by Gasteiger charge is 2.27. The van der Waals surface area contributed by atoms with E-state index in [9.17, 15) is 8.78 Å². The van der Waals surface area contributed by atoms with Gasteiger partial charge >= 0.3 is 0 Å². The number of nitrogens with zero attached hydrogens (tertiary/aromatic N) is 7. The molecule has 0 radical (unpaired) electrons. The fourth-order valence-corrected chi connectivity index (χ4v) is 4.29. The van der Waals surface area contributed by atoms with E-state index < -0.39 is 12.2 Å². The molecule has 2 aliphatic heterocycles. The highest BCUT2D eigenvalue weighted by molar-refractivity contribution is 5.84. The normalized spacial score (nSPS) is 19.5. The van der Waals surface area contributed by atoms with Gasteiger partial charge in [-0.3, -0.25) is 4.57 Å². The molecule has 33 heavy (non-hydrogen) atoms. The van der Waals surface area contributed by atoms with Crippen LogP contribution in [0.4, 0.5) is 20.7 Å². The number of rotatable bonds is 5. The fourth-order valence-electron chi connectivity index (χ4n) is 4.29. The summed E-state index contributed by atoms with van der Waals surface area (Å²) >= 11 is 0. The average molecular weight is 460 g/mol. The van der Waals surface area contributed by atoms with Gasteiger partial charge in [-0.1, -0.05) is 6.07 Å². The number of piperidine rings is 1. The Morgan fingerprint density at radius 1 is 1.03 bits per heavy atom. The molecule has 0 amide bonds. The Balaban J connectivity index is 1.69. The molecule has 1 aromatic carbocycles. The molecule has 2 saturated heterocycles. The molecule has 2 aliphatic rings. The predicted molar refractivity (Wildman–Crippen MR) is 118 cm³/mol. The molecule has 2 aromatic heterocycles. The standard InChI is InChI=1S/C21H26F2N8O2/c1-32-15-6-2-5-14-16(15)25-18(17(22)23)31(14)21-27-19(29-8-10-33-11-9-29)26-20(28-21)30-7-3-4-13(24)12-30/h2,5-6,13,17H,3-4,7-12,24H2,1H3/t13-/m0/s1. The van der Waals surface area contributed by atoms with E-state index in [0.717, 1.165) is 19.4 Å². The minimum absolute atomic E-state index is 0.000707. The van der Waals surface area contributed by atoms with Crippen molar-refractivity contribution in [1.29, 1.82) is 0 Å². The third-order valence-electron chi connectivity index (χ3n) is 5.92. The molecule has 10 nitrogen and oxygen atoms in total. The minimum atomic E-state index is -2.84. The van der Waals surface area contributed by atoms with Gasteiger partial charge in [0.25, 0.3) is 6.43 Å². The van der Waals surface area contributed by atoms with E-state index in [1.807, 2.05) is 9.80 Å². The first kappa shape index (κ1) is 21.7. The SMILES string of the molecule is COc1cccc2c1nc(C(F)F)n2-c1nc(N2CCOCC2)nc(N2CCC[C@H](N)C2)n1. The first-order valence-corrected chi connectivity index (χ1v) is 11.0. The molecule has 176 valence electrons. The number of methoxy groups -OCH3 is 1. The van der Waals surface area contributed by atoms with Crippen molar-refractivity contribution >= 4 is 22.9 Å². The van der Waals surface area contributed by atoms with Crippen LogP contribution in [-0.2, 0) is 4.74 Å².